The van der Waals surface area contributed by atoms with Gasteiger partial charge in [-0.2, -0.15) is 0 Å². The van der Waals surface area contributed by atoms with Gasteiger partial charge in [0.25, 0.3) is 0 Å². The summed E-state index contributed by atoms with van der Waals surface area (Å²) in [7, 11) is 1.67. The lowest BCUT2D eigenvalue weighted by atomic mass is 9.99. The molecule has 0 aliphatic heterocycles. The smallest absolute Gasteiger partial charge is 0.182 e. The number of imidazole rings is 1. The molecular weight excluding hydrogens is 384 g/mol. The van der Waals surface area contributed by atoms with E-state index >= 15 is 0 Å². The number of ether oxygens (including phenoxy) is 1. The molecule has 0 fully saturated rings. The molecule has 27 heavy (non-hydrogen) atoms. The summed E-state index contributed by atoms with van der Waals surface area (Å²) in [4.78, 5) is 20.0. The molecule has 0 atom stereocenters. The molecular formula is C18H17ClN6OS. The van der Waals surface area contributed by atoms with Gasteiger partial charge in [0.2, 0.25) is 0 Å². The summed E-state index contributed by atoms with van der Waals surface area (Å²) in [6, 6.07) is 1.96. The minimum absolute atomic E-state index is 0.634. The Hall–Kier alpha value is -2.71. The van der Waals surface area contributed by atoms with Crippen LogP contribution < -0.4 is 10.1 Å². The van der Waals surface area contributed by atoms with Crippen LogP contribution in [0.2, 0.25) is 5.02 Å². The van der Waals surface area contributed by atoms with Crippen LogP contribution in [0.5, 0.6) is 5.75 Å². The maximum Gasteiger partial charge on any atom is 0.182 e. The number of H-pyrrole nitrogens is 1. The highest BCUT2D eigenvalue weighted by atomic mass is 35.5. The molecule has 4 aromatic rings. The monoisotopic (exact) mass is 400 g/mol. The van der Waals surface area contributed by atoms with Crippen molar-refractivity contribution < 1.29 is 4.74 Å². The van der Waals surface area contributed by atoms with Crippen molar-refractivity contribution in [1.82, 2.24) is 24.9 Å². The van der Waals surface area contributed by atoms with E-state index in [2.05, 4.69) is 30.2 Å². The average Bonchev–Trinajstić information content (AvgIpc) is 3.36. The minimum Gasteiger partial charge on any atom is -0.496 e. The molecule has 9 heteroatoms. The number of aromatic amines is 1. The number of halogens is 1. The largest absolute Gasteiger partial charge is 0.496 e. The molecule has 0 amide bonds. The number of rotatable bonds is 6. The Morgan fingerprint density at radius 3 is 2.93 bits per heavy atom. The van der Waals surface area contributed by atoms with Gasteiger partial charge in [-0.3, -0.25) is 0 Å². The van der Waals surface area contributed by atoms with E-state index in [1.807, 2.05) is 18.4 Å². The predicted molar refractivity (Wildman–Crippen MR) is 108 cm³/mol. The fourth-order valence-electron chi connectivity index (χ4n) is 3.05. The molecule has 138 valence electrons. The lowest BCUT2D eigenvalue weighted by Gasteiger charge is -2.17. The molecule has 0 aliphatic rings. The molecule has 0 bridgehead atoms. The molecule has 3 heterocycles. The molecule has 0 saturated carbocycles. The summed E-state index contributed by atoms with van der Waals surface area (Å²) in [6.45, 7) is 2.63. The van der Waals surface area contributed by atoms with E-state index in [0.29, 0.717) is 23.6 Å². The molecule has 0 aliphatic carbocycles. The summed E-state index contributed by atoms with van der Waals surface area (Å²) < 4.78 is 5.73. The summed E-state index contributed by atoms with van der Waals surface area (Å²) in [5.74, 6) is 1.52. The number of aromatic nitrogens is 5. The van der Waals surface area contributed by atoms with Crippen LogP contribution in [-0.4, -0.2) is 38.6 Å². The van der Waals surface area contributed by atoms with Crippen LogP contribution in [0.15, 0.2) is 29.6 Å². The fraction of sp³-hybridized carbons (Fsp3) is 0.222. The first-order valence-electron chi connectivity index (χ1n) is 8.31. The van der Waals surface area contributed by atoms with Gasteiger partial charge < -0.3 is 15.0 Å². The van der Waals surface area contributed by atoms with Gasteiger partial charge in [0.05, 0.1) is 24.6 Å². The first-order valence-corrected chi connectivity index (χ1v) is 9.63. The number of hydrogen-bond donors (Lipinski definition) is 2. The van der Waals surface area contributed by atoms with E-state index in [9.17, 15) is 0 Å². The predicted octanol–water partition coefficient (Wildman–Crippen LogP) is 4.10. The second kappa shape index (κ2) is 7.50. The van der Waals surface area contributed by atoms with Gasteiger partial charge in [0, 0.05) is 22.5 Å². The van der Waals surface area contributed by atoms with E-state index in [1.165, 1.54) is 6.33 Å². The zero-order valence-electron chi connectivity index (χ0n) is 14.8. The zero-order valence-corrected chi connectivity index (χ0v) is 16.4. The van der Waals surface area contributed by atoms with Gasteiger partial charge in [-0.05, 0) is 30.5 Å². The number of thiazole rings is 1. The van der Waals surface area contributed by atoms with Crippen LogP contribution in [0, 0.1) is 6.92 Å². The Morgan fingerprint density at radius 2 is 2.15 bits per heavy atom. The number of fused-ring (bicyclic) bond motifs is 1. The molecule has 1 aromatic carbocycles. The Bertz CT molecular complexity index is 1080. The van der Waals surface area contributed by atoms with Crippen LogP contribution >= 0.6 is 22.9 Å². The molecule has 0 radical (unpaired) electrons. The third-order valence-corrected chi connectivity index (χ3v) is 5.33. The van der Waals surface area contributed by atoms with Gasteiger partial charge >= 0.3 is 0 Å². The highest BCUT2D eigenvalue weighted by molar-refractivity contribution is 7.07. The van der Waals surface area contributed by atoms with Crippen LogP contribution in [0.1, 0.15) is 11.1 Å². The standard InChI is InChI=1S/C18H17ClN6OS/c1-10-12(19)5-11(16(26-2)14(10)13-6-27-9-25-13)3-4-20-17-15-18(22-7-21-15)24-8-23-17/h5-9H,3-4H2,1-2H3,(H2,20,21,22,23,24). The lowest BCUT2D eigenvalue weighted by molar-refractivity contribution is 0.411. The minimum atomic E-state index is 0.634. The summed E-state index contributed by atoms with van der Waals surface area (Å²) >= 11 is 8.04. The number of methoxy groups -OCH3 is 1. The van der Waals surface area contributed by atoms with E-state index in [4.69, 9.17) is 16.3 Å². The fourth-order valence-corrected chi connectivity index (χ4v) is 3.82. The quantitative estimate of drug-likeness (QED) is 0.506. The van der Waals surface area contributed by atoms with Crippen molar-refractivity contribution in [2.24, 2.45) is 0 Å². The molecule has 0 spiro atoms. The topological polar surface area (TPSA) is 88.6 Å². The molecule has 0 saturated heterocycles. The van der Waals surface area contributed by atoms with Crippen LogP contribution in [0.25, 0.3) is 22.4 Å². The summed E-state index contributed by atoms with van der Waals surface area (Å²) in [5, 5.41) is 6.03. The second-order valence-corrected chi connectivity index (χ2v) is 7.05. The lowest BCUT2D eigenvalue weighted by Crippen LogP contribution is -2.09. The third-order valence-electron chi connectivity index (χ3n) is 4.36. The van der Waals surface area contributed by atoms with Crippen molar-refractivity contribution in [1.29, 1.82) is 0 Å². The van der Waals surface area contributed by atoms with E-state index in [1.54, 1.807) is 30.3 Å². The van der Waals surface area contributed by atoms with Crippen molar-refractivity contribution in [2.75, 3.05) is 19.0 Å². The van der Waals surface area contributed by atoms with Crippen LogP contribution in [-0.2, 0) is 6.42 Å². The Balaban J connectivity index is 1.61. The van der Waals surface area contributed by atoms with E-state index < -0.39 is 0 Å². The molecule has 2 N–H and O–H groups in total. The van der Waals surface area contributed by atoms with Gasteiger partial charge in [-0.25, -0.2) is 19.9 Å². The maximum atomic E-state index is 6.49. The number of nitrogens with one attached hydrogen (secondary N) is 2. The van der Waals surface area contributed by atoms with Crippen LogP contribution in [0.4, 0.5) is 5.82 Å². The number of nitrogens with zero attached hydrogens (tertiary/aromatic N) is 4. The molecule has 7 nitrogen and oxygen atoms in total. The van der Waals surface area contributed by atoms with Crippen molar-refractivity contribution in [3.05, 3.63) is 45.8 Å². The van der Waals surface area contributed by atoms with Crippen molar-refractivity contribution in [3.63, 3.8) is 0 Å². The second-order valence-electron chi connectivity index (χ2n) is 5.92. The zero-order chi connectivity index (χ0) is 18.8. The SMILES string of the molecule is COc1c(CCNc2ncnc3nc[nH]c23)cc(Cl)c(C)c1-c1cscn1. The molecule has 3 aromatic heterocycles. The number of anilines is 1. The van der Waals surface area contributed by atoms with Gasteiger partial charge in [0.1, 0.15) is 17.6 Å². The maximum absolute atomic E-state index is 6.49. The Morgan fingerprint density at radius 1 is 1.26 bits per heavy atom. The van der Waals surface area contributed by atoms with Crippen molar-refractivity contribution >= 4 is 39.9 Å². The highest BCUT2D eigenvalue weighted by Crippen LogP contribution is 2.39. The van der Waals surface area contributed by atoms with E-state index in [0.717, 1.165) is 39.5 Å². The highest BCUT2D eigenvalue weighted by Gasteiger charge is 2.18. The average molecular weight is 401 g/mol. The first-order chi connectivity index (χ1) is 13.2. The third kappa shape index (κ3) is 3.33. The molecule has 4 rings (SSSR count). The van der Waals surface area contributed by atoms with Gasteiger partial charge in [0.15, 0.2) is 11.5 Å². The van der Waals surface area contributed by atoms with Crippen molar-refractivity contribution in [3.8, 4) is 17.0 Å². The first kappa shape index (κ1) is 17.7. The van der Waals surface area contributed by atoms with Crippen LogP contribution in [0.3, 0.4) is 0 Å². The Kier molecular flexibility index (Phi) is 4.91. The number of benzene rings is 1. The van der Waals surface area contributed by atoms with Crippen molar-refractivity contribution in [2.45, 2.75) is 13.3 Å². The van der Waals surface area contributed by atoms with Gasteiger partial charge in [-0.15, -0.1) is 11.3 Å². The van der Waals surface area contributed by atoms with Gasteiger partial charge in [-0.1, -0.05) is 11.6 Å². The summed E-state index contributed by atoms with van der Waals surface area (Å²) in [6.07, 6.45) is 3.81. The molecule has 0 unspecified atom stereocenters. The van der Waals surface area contributed by atoms with E-state index in [-0.39, 0.29) is 0 Å². The Labute approximate surface area is 164 Å². The normalized spacial score (nSPS) is 11.1. The summed E-state index contributed by atoms with van der Waals surface area (Å²) in [5.41, 5.74) is 7.02. The number of hydrogen-bond acceptors (Lipinski definition) is 7.